The third-order valence-corrected chi connectivity index (χ3v) is 4.81. The summed E-state index contributed by atoms with van der Waals surface area (Å²) in [4.78, 5) is 0. The number of aromatic nitrogens is 2. The van der Waals surface area contributed by atoms with Gasteiger partial charge in [-0.15, -0.1) is 0 Å². The van der Waals surface area contributed by atoms with E-state index < -0.39 is 0 Å². The number of rotatable bonds is 6. The van der Waals surface area contributed by atoms with Gasteiger partial charge in [-0.3, -0.25) is 4.68 Å². The highest BCUT2D eigenvalue weighted by molar-refractivity contribution is 7.99. The van der Waals surface area contributed by atoms with Gasteiger partial charge in [0, 0.05) is 35.1 Å². The molecule has 1 aromatic rings. The zero-order valence-corrected chi connectivity index (χ0v) is 13.6. The van der Waals surface area contributed by atoms with Crippen LogP contribution in [0.15, 0.2) is 0 Å². The van der Waals surface area contributed by atoms with Crippen LogP contribution in [0.1, 0.15) is 50.7 Å². The molecule has 0 aliphatic rings. The van der Waals surface area contributed by atoms with Gasteiger partial charge in [0.05, 0.1) is 5.69 Å². The van der Waals surface area contributed by atoms with Crippen LogP contribution in [-0.2, 0) is 6.54 Å². The molecule has 0 aromatic carbocycles. The van der Waals surface area contributed by atoms with Gasteiger partial charge < -0.3 is 5.32 Å². The second-order valence-electron chi connectivity index (χ2n) is 5.47. The van der Waals surface area contributed by atoms with Crippen molar-refractivity contribution in [2.24, 2.45) is 0 Å². The molecular weight excluding hydrogens is 242 g/mol. The van der Waals surface area contributed by atoms with Crippen LogP contribution in [0, 0.1) is 13.8 Å². The number of hydrogen-bond donors (Lipinski definition) is 1. The van der Waals surface area contributed by atoms with Crippen LogP contribution in [0.3, 0.4) is 0 Å². The highest BCUT2D eigenvalue weighted by atomic mass is 32.2. The van der Waals surface area contributed by atoms with Gasteiger partial charge in [-0.05, 0) is 47.8 Å². The van der Waals surface area contributed by atoms with Crippen LogP contribution in [0.2, 0.25) is 0 Å². The van der Waals surface area contributed by atoms with Gasteiger partial charge in [-0.2, -0.15) is 16.9 Å². The average Bonchev–Trinajstić information content (AvgIpc) is 2.61. The minimum atomic E-state index is 0.275. The van der Waals surface area contributed by atoms with Crippen LogP contribution in [0.5, 0.6) is 0 Å². The number of hydrogen-bond acceptors (Lipinski definition) is 3. The average molecular weight is 269 g/mol. The van der Waals surface area contributed by atoms with E-state index in [2.05, 4.69) is 62.9 Å². The van der Waals surface area contributed by atoms with Crippen LogP contribution in [-0.4, -0.2) is 27.3 Å². The Morgan fingerprint density at radius 1 is 1.39 bits per heavy atom. The third-order valence-electron chi connectivity index (χ3n) is 3.56. The van der Waals surface area contributed by atoms with Crippen LogP contribution in [0.4, 0.5) is 0 Å². The fourth-order valence-corrected chi connectivity index (χ4v) is 2.45. The first-order valence-corrected chi connectivity index (χ1v) is 7.87. The zero-order chi connectivity index (χ0) is 13.9. The van der Waals surface area contributed by atoms with Gasteiger partial charge in [0.1, 0.15) is 0 Å². The number of aryl methyl sites for hydroxylation is 2. The molecule has 4 heteroatoms. The fraction of sp³-hybridized carbons (Fsp3) is 0.786. The van der Waals surface area contributed by atoms with Gasteiger partial charge in [0.25, 0.3) is 0 Å². The molecule has 0 aliphatic heterocycles. The molecule has 1 N–H and O–H groups in total. The Morgan fingerprint density at radius 3 is 2.44 bits per heavy atom. The van der Waals surface area contributed by atoms with E-state index in [1.165, 1.54) is 11.3 Å². The van der Waals surface area contributed by atoms with E-state index in [1.54, 1.807) is 0 Å². The molecule has 1 rings (SSSR count). The summed E-state index contributed by atoms with van der Waals surface area (Å²) in [6.45, 7) is 15.1. The predicted octanol–water partition coefficient (Wildman–Crippen LogP) is 3.31. The van der Waals surface area contributed by atoms with Gasteiger partial charge in [-0.25, -0.2) is 0 Å². The first kappa shape index (κ1) is 15.6. The molecule has 0 amide bonds. The monoisotopic (exact) mass is 269 g/mol. The smallest absolute Gasteiger partial charge is 0.0644 e. The molecule has 1 atom stereocenters. The van der Waals surface area contributed by atoms with E-state index >= 15 is 0 Å². The molecule has 1 aromatic heterocycles. The van der Waals surface area contributed by atoms with E-state index in [1.807, 2.05) is 11.8 Å². The van der Waals surface area contributed by atoms with E-state index in [-0.39, 0.29) is 4.75 Å². The molecule has 18 heavy (non-hydrogen) atoms. The Hall–Kier alpha value is -0.480. The van der Waals surface area contributed by atoms with E-state index in [9.17, 15) is 0 Å². The molecule has 0 saturated carbocycles. The van der Waals surface area contributed by atoms with Crippen molar-refractivity contribution < 1.29 is 0 Å². The molecule has 0 spiro atoms. The highest BCUT2D eigenvalue weighted by Crippen LogP contribution is 2.24. The molecule has 1 unspecified atom stereocenters. The molecule has 0 fully saturated rings. The normalized spacial score (nSPS) is 13.9. The largest absolute Gasteiger partial charge is 0.309 e. The van der Waals surface area contributed by atoms with Crippen LogP contribution >= 0.6 is 11.8 Å². The van der Waals surface area contributed by atoms with Crippen molar-refractivity contribution in [2.45, 2.75) is 58.9 Å². The SMILES string of the molecule is CCn1nc(C)c(C(C)NCC(C)(C)SC)c1C. The van der Waals surface area contributed by atoms with Gasteiger partial charge >= 0.3 is 0 Å². The summed E-state index contributed by atoms with van der Waals surface area (Å²) in [5, 5.41) is 8.22. The third kappa shape index (κ3) is 3.51. The lowest BCUT2D eigenvalue weighted by atomic mass is 10.1. The lowest BCUT2D eigenvalue weighted by Gasteiger charge is -2.25. The first-order chi connectivity index (χ1) is 8.32. The van der Waals surface area contributed by atoms with Gasteiger partial charge in [-0.1, -0.05) is 0 Å². The Bertz CT molecular complexity index is 396. The number of thioether (sulfide) groups is 1. The van der Waals surface area contributed by atoms with E-state index in [0.29, 0.717) is 6.04 Å². The van der Waals surface area contributed by atoms with Gasteiger partial charge in [0.2, 0.25) is 0 Å². The minimum absolute atomic E-state index is 0.275. The summed E-state index contributed by atoms with van der Waals surface area (Å²) < 4.78 is 2.36. The topological polar surface area (TPSA) is 29.9 Å². The summed E-state index contributed by atoms with van der Waals surface area (Å²) in [6, 6.07) is 0.358. The second kappa shape index (κ2) is 6.11. The minimum Gasteiger partial charge on any atom is -0.309 e. The Morgan fingerprint density at radius 2 is 2.00 bits per heavy atom. The van der Waals surface area contributed by atoms with Crippen molar-refractivity contribution in [3.63, 3.8) is 0 Å². The standard InChI is InChI=1S/C14H27N3S/c1-8-17-12(4)13(11(3)16-17)10(2)15-9-14(5,6)18-7/h10,15H,8-9H2,1-7H3. The predicted molar refractivity (Wildman–Crippen MR) is 81.4 cm³/mol. The first-order valence-electron chi connectivity index (χ1n) is 6.64. The van der Waals surface area contributed by atoms with Gasteiger partial charge in [0.15, 0.2) is 0 Å². The number of nitrogens with zero attached hydrogens (tertiary/aromatic N) is 2. The van der Waals surface area contributed by atoms with Crippen LogP contribution < -0.4 is 5.32 Å². The summed E-state index contributed by atoms with van der Waals surface area (Å²) in [7, 11) is 0. The lowest BCUT2D eigenvalue weighted by Crippen LogP contribution is -2.34. The Labute approximate surface area is 116 Å². The summed E-state index contributed by atoms with van der Waals surface area (Å²) in [5.41, 5.74) is 3.79. The molecule has 0 radical (unpaired) electrons. The lowest BCUT2D eigenvalue weighted by molar-refractivity contribution is 0.518. The Kier molecular flexibility index (Phi) is 5.29. The van der Waals surface area contributed by atoms with E-state index in [4.69, 9.17) is 0 Å². The van der Waals surface area contributed by atoms with Crippen molar-refractivity contribution in [3.8, 4) is 0 Å². The van der Waals surface area contributed by atoms with Crippen molar-refractivity contribution in [1.29, 1.82) is 0 Å². The summed E-state index contributed by atoms with van der Waals surface area (Å²) in [5.74, 6) is 0. The second-order valence-corrected chi connectivity index (χ2v) is 6.98. The molecule has 3 nitrogen and oxygen atoms in total. The summed E-state index contributed by atoms with van der Waals surface area (Å²) in [6.07, 6.45) is 2.16. The summed E-state index contributed by atoms with van der Waals surface area (Å²) >= 11 is 1.90. The zero-order valence-electron chi connectivity index (χ0n) is 12.8. The molecule has 1 heterocycles. The van der Waals surface area contributed by atoms with Crippen LogP contribution in [0.25, 0.3) is 0 Å². The van der Waals surface area contributed by atoms with Crippen molar-refractivity contribution in [2.75, 3.05) is 12.8 Å². The van der Waals surface area contributed by atoms with E-state index in [0.717, 1.165) is 18.8 Å². The number of nitrogens with one attached hydrogen (secondary N) is 1. The maximum absolute atomic E-state index is 4.59. The maximum atomic E-state index is 4.59. The molecule has 0 saturated heterocycles. The molecule has 104 valence electrons. The van der Waals surface area contributed by atoms with Crippen molar-refractivity contribution in [1.82, 2.24) is 15.1 Å². The van der Waals surface area contributed by atoms with Crippen molar-refractivity contribution >= 4 is 11.8 Å². The quantitative estimate of drug-likeness (QED) is 0.859. The van der Waals surface area contributed by atoms with Crippen molar-refractivity contribution in [3.05, 3.63) is 17.0 Å². The molecule has 0 bridgehead atoms. The molecule has 0 aliphatic carbocycles. The Balaban J connectivity index is 2.79. The fourth-order valence-electron chi connectivity index (χ4n) is 2.22. The molecular formula is C14H27N3S. The highest BCUT2D eigenvalue weighted by Gasteiger charge is 2.20. The maximum Gasteiger partial charge on any atom is 0.0644 e.